The van der Waals surface area contributed by atoms with Gasteiger partial charge in [0.15, 0.2) is 0 Å². The first-order chi connectivity index (χ1) is 9.04. The molecule has 0 spiro atoms. The maximum atomic E-state index is 11.0. The molecule has 0 aliphatic carbocycles. The maximum absolute atomic E-state index is 11.0. The van der Waals surface area contributed by atoms with Crippen molar-refractivity contribution in [2.45, 2.75) is 25.7 Å². The van der Waals surface area contributed by atoms with Gasteiger partial charge in [-0.25, -0.2) is 0 Å². The first-order valence-corrected chi connectivity index (χ1v) is 6.20. The summed E-state index contributed by atoms with van der Waals surface area (Å²) in [6.45, 7) is 0.487. The summed E-state index contributed by atoms with van der Waals surface area (Å²) in [5.74, 6) is -1.21. The van der Waals surface area contributed by atoms with Crippen LogP contribution in [0.2, 0.25) is 0 Å². The highest BCUT2D eigenvalue weighted by Gasteiger charge is 2.16. The Balaban J connectivity index is 2.54. The molecule has 1 aromatic rings. The van der Waals surface area contributed by atoms with E-state index >= 15 is 0 Å². The van der Waals surface area contributed by atoms with E-state index in [1.54, 1.807) is 12.1 Å². The summed E-state index contributed by atoms with van der Waals surface area (Å²) in [7, 11) is 0. The Bertz CT molecular complexity index is 431. The van der Waals surface area contributed by atoms with Gasteiger partial charge >= 0.3 is 5.97 Å². The van der Waals surface area contributed by atoms with E-state index in [0.717, 1.165) is 5.56 Å². The molecule has 0 aliphatic rings. The molecule has 0 aliphatic heterocycles. The number of aryl methyl sites for hydroxylation is 1. The molecule has 1 rings (SSSR count). The quantitative estimate of drug-likeness (QED) is 0.552. The van der Waals surface area contributed by atoms with Crippen molar-refractivity contribution in [2.24, 2.45) is 11.7 Å². The minimum Gasteiger partial charge on any atom is -0.481 e. The summed E-state index contributed by atoms with van der Waals surface area (Å²) in [5, 5.41) is 19.6. The fraction of sp³-hybridized carbons (Fsp3) is 0.462. The van der Waals surface area contributed by atoms with Crippen LogP contribution in [-0.4, -0.2) is 22.5 Å². The van der Waals surface area contributed by atoms with E-state index in [1.165, 1.54) is 12.1 Å². The first-order valence-electron chi connectivity index (χ1n) is 6.20. The van der Waals surface area contributed by atoms with E-state index in [0.29, 0.717) is 32.2 Å². The first kappa shape index (κ1) is 15.1. The van der Waals surface area contributed by atoms with Crippen LogP contribution in [-0.2, 0) is 11.2 Å². The van der Waals surface area contributed by atoms with Crippen molar-refractivity contribution in [3.63, 3.8) is 0 Å². The number of rotatable bonds is 8. The molecular formula is C13H18N2O4. The lowest BCUT2D eigenvalue weighted by Crippen LogP contribution is -2.16. The summed E-state index contributed by atoms with van der Waals surface area (Å²) in [5.41, 5.74) is 6.32. The van der Waals surface area contributed by atoms with Gasteiger partial charge in [0.05, 0.1) is 10.8 Å². The zero-order chi connectivity index (χ0) is 14.3. The van der Waals surface area contributed by atoms with Crippen molar-refractivity contribution in [2.75, 3.05) is 6.54 Å². The van der Waals surface area contributed by atoms with Crippen LogP contribution >= 0.6 is 0 Å². The van der Waals surface area contributed by atoms with Crippen LogP contribution in [0.1, 0.15) is 24.8 Å². The molecule has 0 radical (unpaired) electrons. The number of carboxylic acids is 1. The highest BCUT2D eigenvalue weighted by atomic mass is 16.6. The van der Waals surface area contributed by atoms with Gasteiger partial charge < -0.3 is 10.8 Å². The van der Waals surface area contributed by atoms with Crippen LogP contribution in [0, 0.1) is 16.0 Å². The molecule has 104 valence electrons. The van der Waals surface area contributed by atoms with Gasteiger partial charge in [-0.3, -0.25) is 14.9 Å². The summed E-state index contributed by atoms with van der Waals surface area (Å²) in [6.07, 6.45) is 2.38. The smallest absolute Gasteiger partial charge is 0.306 e. The summed E-state index contributed by atoms with van der Waals surface area (Å²) in [6, 6.07) is 6.20. The van der Waals surface area contributed by atoms with E-state index in [9.17, 15) is 14.9 Å². The van der Waals surface area contributed by atoms with Crippen LogP contribution < -0.4 is 5.73 Å². The minimum atomic E-state index is -0.810. The Morgan fingerprint density at radius 3 is 2.42 bits per heavy atom. The lowest BCUT2D eigenvalue weighted by molar-refractivity contribution is -0.384. The summed E-state index contributed by atoms with van der Waals surface area (Å²) in [4.78, 5) is 21.1. The van der Waals surface area contributed by atoms with Gasteiger partial charge in [0.2, 0.25) is 0 Å². The second kappa shape index (κ2) is 7.48. The summed E-state index contributed by atoms with van der Waals surface area (Å²) >= 11 is 0. The van der Waals surface area contributed by atoms with Crippen molar-refractivity contribution in [3.8, 4) is 0 Å². The van der Waals surface area contributed by atoms with Crippen LogP contribution in [0.15, 0.2) is 24.3 Å². The highest BCUT2D eigenvalue weighted by Crippen LogP contribution is 2.17. The zero-order valence-electron chi connectivity index (χ0n) is 10.6. The molecular weight excluding hydrogens is 248 g/mol. The number of hydrogen-bond donors (Lipinski definition) is 2. The van der Waals surface area contributed by atoms with Crippen LogP contribution in [0.3, 0.4) is 0 Å². The molecule has 0 amide bonds. The second-order valence-electron chi connectivity index (χ2n) is 4.43. The molecule has 3 N–H and O–H groups in total. The van der Waals surface area contributed by atoms with E-state index in [-0.39, 0.29) is 5.69 Å². The number of hydrogen-bond acceptors (Lipinski definition) is 4. The monoisotopic (exact) mass is 266 g/mol. The molecule has 0 heterocycles. The van der Waals surface area contributed by atoms with Gasteiger partial charge in [0, 0.05) is 12.1 Å². The third kappa shape index (κ3) is 5.05. The van der Waals surface area contributed by atoms with Crippen LogP contribution in [0.5, 0.6) is 0 Å². The van der Waals surface area contributed by atoms with Crippen molar-refractivity contribution < 1.29 is 14.8 Å². The van der Waals surface area contributed by atoms with Crippen LogP contribution in [0.4, 0.5) is 5.69 Å². The second-order valence-corrected chi connectivity index (χ2v) is 4.43. The standard InChI is InChI=1S/C13H18N2O4/c14-9-1-2-11(13(16)17)6-3-10-4-7-12(8-5-10)15(18)19/h4-5,7-8,11H,1-3,6,9,14H2,(H,16,17). The Kier molecular flexibility index (Phi) is 5.95. The van der Waals surface area contributed by atoms with Gasteiger partial charge in [0.25, 0.3) is 5.69 Å². The molecule has 1 aromatic carbocycles. The van der Waals surface area contributed by atoms with Gasteiger partial charge in [0.1, 0.15) is 0 Å². The Morgan fingerprint density at radius 2 is 1.95 bits per heavy atom. The van der Waals surface area contributed by atoms with Crippen molar-refractivity contribution in [1.29, 1.82) is 0 Å². The number of nitrogens with two attached hydrogens (primary N) is 1. The Morgan fingerprint density at radius 1 is 1.32 bits per heavy atom. The lowest BCUT2D eigenvalue weighted by Gasteiger charge is -2.11. The Labute approximate surface area is 111 Å². The number of benzene rings is 1. The lowest BCUT2D eigenvalue weighted by atomic mass is 9.95. The molecule has 1 atom stereocenters. The number of nitro groups is 1. The maximum Gasteiger partial charge on any atom is 0.306 e. The molecule has 0 saturated carbocycles. The van der Waals surface area contributed by atoms with E-state index in [1.807, 2.05) is 0 Å². The molecule has 0 fully saturated rings. The minimum absolute atomic E-state index is 0.0432. The van der Waals surface area contributed by atoms with Gasteiger partial charge in [-0.2, -0.15) is 0 Å². The average Bonchev–Trinajstić information content (AvgIpc) is 2.39. The molecule has 0 saturated heterocycles. The fourth-order valence-electron chi connectivity index (χ4n) is 1.88. The zero-order valence-corrected chi connectivity index (χ0v) is 10.6. The molecule has 19 heavy (non-hydrogen) atoms. The summed E-state index contributed by atoms with van der Waals surface area (Å²) < 4.78 is 0. The Hall–Kier alpha value is -1.95. The van der Waals surface area contributed by atoms with Gasteiger partial charge in [-0.1, -0.05) is 12.1 Å². The van der Waals surface area contributed by atoms with Gasteiger partial charge in [-0.05, 0) is 37.8 Å². The number of carboxylic acid groups (broad SMARTS) is 1. The molecule has 6 nitrogen and oxygen atoms in total. The highest BCUT2D eigenvalue weighted by molar-refractivity contribution is 5.69. The average molecular weight is 266 g/mol. The molecule has 1 unspecified atom stereocenters. The number of non-ortho nitro benzene ring substituents is 1. The van der Waals surface area contributed by atoms with Crippen molar-refractivity contribution >= 4 is 11.7 Å². The van der Waals surface area contributed by atoms with E-state index in [2.05, 4.69) is 0 Å². The van der Waals surface area contributed by atoms with Crippen molar-refractivity contribution in [3.05, 3.63) is 39.9 Å². The normalized spacial score (nSPS) is 12.1. The number of nitrogens with zero attached hydrogens (tertiary/aromatic N) is 1. The predicted octanol–water partition coefficient (Wildman–Crippen LogP) is 1.97. The fourth-order valence-corrected chi connectivity index (χ4v) is 1.88. The molecule has 0 aromatic heterocycles. The third-order valence-corrected chi connectivity index (χ3v) is 3.03. The number of aliphatic carboxylic acids is 1. The predicted molar refractivity (Wildman–Crippen MR) is 70.8 cm³/mol. The third-order valence-electron chi connectivity index (χ3n) is 3.03. The SMILES string of the molecule is NCCCC(CCc1ccc([N+](=O)[O-])cc1)C(=O)O. The van der Waals surface area contributed by atoms with Gasteiger partial charge in [-0.15, -0.1) is 0 Å². The topological polar surface area (TPSA) is 106 Å². The van der Waals surface area contributed by atoms with Crippen LogP contribution in [0.25, 0.3) is 0 Å². The molecule has 0 bridgehead atoms. The number of carbonyl (C=O) groups is 1. The largest absolute Gasteiger partial charge is 0.481 e. The van der Waals surface area contributed by atoms with Crippen molar-refractivity contribution in [1.82, 2.24) is 0 Å². The number of nitro benzene ring substituents is 1. The van der Waals surface area contributed by atoms with E-state index in [4.69, 9.17) is 10.8 Å². The van der Waals surface area contributed by atoms with E-state index < -0.39 is 16.8 Å². The molecule has 6 heteroatoms.